The van der Waals surface area contributed by atoms with Gasteiger partial charge >= 0.3 is 0 Å². The van der Waals surface area contributed by atoms with Gasteiger partial charge in [-0.25, -0.2) is 0 Å². The maximum absolute atomic E-state index is 11.1. The molecule has 0 aromatic carbocycles. The average molecular weight is 233 g/mol. The van der Waals surface area contributed by atoms with Gasteiger partial charge in [0.2, 0.25) is 5.91 Å². The van der Waals surface area contributed by atoms with E-state index < -0.39 is 0 Å². The Kier molecular flexibility index (Phi) is 11.6. The fourth-order valence-corrected chi connectivity index (χ4v) is 1.51. The molecule has 0 aliphatic rings. The van der Waals surface area contributed by atoms with Crippen LogP contribution in [0.3, 0.4) is 0 Å². The highest BCUT2D eigenvalue weighted by molar-refractivity contribution is 7.99. The number of rotatable bonds is 10. The van der Waals surface area contributed by atoms with Crippen LogP contribution in [0.1, 0.15) is 19.3 Å². The number of carbonyl (C=O) groups excluding carboxylic acids is 1. The van der Waals surface area contributed by atoms with Crippen molar-refractivity contribution < 1.29 is 4.79 Å². The Morgan fingerprint density at radius 3 is 2.60 bits per heavy atom. The first-order chi connectivity index (χ1) is 7.31. The summed E-state index contributed by atoms with van der Waals surface area (Å²) in [7, 11) is 0. The predicted molar refractivity (Wildman–Crippen MR) is 67.2 cm³/mol. The normalized spacial score (nSPS) is 10.3. The van der Waals surface area contributed by atoms with Gasteiger partial charge in [0.25, 0.3) is 0 Å². The standard InChI is InChI=1S/C10H23N3OS/c1-15-9-10(14)13-8-4-7-12-6-3-2-5-11/h12H,2-9,11H2,1H3,(H,13,14). The van der Waals surface area contributed by atoms with Gasteiger partial charge in [-0.15, -0.1) is 0 Å². The van der Waals surface area contributed by atoms with E-state index >= 15 is 0 Å². The molecule has 0 aromatic rings. The quantitative estimate of drug-likeness (QED) is 0.471. The van der Waals surface area contributed by atoms with E-state index in [-0.39, 0.29) is 5.91 Å². The zero-order valence-corrected chi connectivity index (χ0v) is 10.4. The molecule has 0 saturated heterocycles. The molecule has 0 rings (SSSR count). The molecule has 4 nitrogen and oxygen atoms in total. The molecule has 90 valence electrons. The zero-order valence-electron chi connectivity index (χ0n) is 9.55. The van der Waals surface area contributed by atoms with E-state index in [9.17, 15) is 4.79 Å². The second-order valence-electron chi connectivity index (χ2n) is 3.38. The number of nitrogens with one attached hydrogen (secondary N) is 2. The van der Waals surface area contributed by atoms with Gasteiger partial charge in [-0.2, -0.15) is 11.8 Å². The summed E-state index contributed by atoms with van der Waals surface area (Å²) in [4.78, 5) is 11.1. The second-order valence-corrected chi connectivity index (χ2v) is 4.25. The van der Waals surface area contributed by atoms with Crippen molar-refractivity contribution in [3.8, 4) is 0 Å². The molecular weight excluding hydrogens is 210 g/mol. The summed E-state index contributed by atoms with van der Waals surface area (Å²) >= 11 is 1.55. The molecule has 0 fully saturated rings. The highest BCUT2D eigenvalue weighted by atomic mass is 32.2. The fourth-order valence-electron chi connectivity index (χ4n) is 1.14. The molecule has 4 N–H and O–H groups in total. The molecule has 0 aliphatic carbocycles. The number of nitrogens with two attached hydrogens (primary N) is 1. The third kappa shape index (κ3) is 11.7. The lowest BCUT2D eigenvalue weighted by Gasteiger charge is -2.05. The second kappa shape index (κ2) is 11.8. The van der Waals surface area contributed by atoms with E-state index in [1.165, 1.54) is 0 Å². The van der Waals surface area contributed by atoms with Crippen LogP contribution in [0, 0.1) is 0 Å². The topological polar surface area (TPSA) is 67.2 Å². The lowest BCUT2D eigenvalue weighted by atomic mass is 10.3. The van der Waals surface area contributed by atoms with Crippen molar-refractivity contribution in [3.05, 3.63) is 0 Å². The summed E-state index contributed by atoms with van der Waals surface area (Å²) in [5, 5.41) is 6.18. The van der Waals surface area contributed by atoms with Crippen molar-refractivity contribution in [1.29, 1.82) is 0 Å². The van der Waals surface area contributed by atoms with Crippen LogP contribution >= 0.6 is 11.8 Å². The van der Waals surface area contributed by atoms with Crippen LogP contribution in [0.25, 0.3) is 0 Å². The summed E-state index contributed by atoms with van der Waals surface area (Å²) in [5.41, 5.74) is 5.38. The van der Waals surface area contributed by atoms with E-state index in [1.807, 2.05) is 6.26 Å². The van der Waals surface area contributed by atoms with E-state index in [0.29, 0.717) is 5.75 Å². The summed E-state index contributed by atoms with van der Waals surface area (Å²) in [6.07, 6.45) is 5.13. The Balaban J connectivity index is 3.01. The van der Waals surface area contributed by atoms with E-state index in [4.69, 9.17) is 5.73 Å². The molecular formula is C10H23N3OS. The maximum atomic E-state index is 11.1. The Labute approximate surface area is 96.7 Å². The highest BCUT2D eigenvalue weighted by Crippen LogP contribution is 1.89. The largest absolute Gasteiger partial charge is 0.355 e. The van der Waals surface area contributed by atoms with Gasteiger partial charge in [0, 0.05) is 6.54 Å². The van der Waals surface area contributed by atoms with Gasteiger partial charge < -0.3 is 16.4 Å². The van der Waals surface area contributed by atoms with Crippen LogP contribution in [0.4, 0.5) is 0 Å². The minimum Gasteiger partial charge on any atom is -0.355 e. The molecule has 0 unspecified atom stereocenters. The molecule has 5 heteroatoms. The zero-order chi connectivity index (χ0) is 11.4. The van der Waals surface area contributed by atoms with Gasteiger partial charge in [-0.1, -0.05) is 0 Å². The van der Waals surface area contributed by atoms with Crippen LogP contribution in [0.2, 0.25) is 0 Å². The molecule has 0 bridgehead atoms. The van der Waals surface area contributed by atoms with Crippen LogP contribution in [-0.4, -0.2) is 44.1 Å². The van der Waals surface area contributed by atoms with E-state index in [1.54, 1.807) is 11.8 Å². The van der Waals surface area contributed by atoms with Gasteiger partial charge in [0.05, 0.1) is 5.75 Å². The first-order valence-corrected chi connectivity index (χ1v) is 6.87. The van der Waals surface area contributed by atoms with E-state index in [0.717, 1.165) is 45.4 Å². The van der Waals surface area contributed by atoms with Crippen molar-refractivity contribution in [2.24, 2.45) is 5.73 Å². The van der Waals surface area contributed by atoms with Gasteiger partial charge in [0.1, 0.15) is 0 Å². The Bertz CT molecular complexity index is 156. The Hall–Kier alpha value is -0.260. The van der Waals surface area contributed by atoms with Crippen molar-refractivity contribution in [3.63, 3.8) is 0 Å². The Morgan fingerprint density at radius 1 is 1.20 bits per heavy atom. The number of carbonyl (C=O) groups is 1. The minimum atomic E-state index is 0.130. The van der Waals surface area contributed by atoms with Gasteiger partial charge in [-0.3, -0.25) is 4.79 Å². The van der Waals surface area contributed by atoms with Crippen molar-refractivity contribution in [2.75, 3.05) is 38.2 Å². The van der Waals surface area contributed by atoms with Gasteiger partial charge in [-0.05, 0) is 45.2 Å². The molecule has 15 heavy (non-hydrogen) atoms. The molecule has 0 radical (unpaired) electrons. The van der Waals surface area contributed by atoms with Crippen molar-refractivity contribution >= 4 is 17.7 Å². The molecule has 1 amide bonds. The molecule has 0 heterocycles. The fraction of sp³-hybridized carbons (Fsp3) is 0.900. The van der Waals surface area contributed by atoms with Crippen LogP contribution in [0.15, 0.2) is 0 Å². The minimum absolute atomic E-state index is 0.130. The van der Waals surface area contributed by atoms with Crippen LogP contribution in [0.5, 0.6) is 0 Å². The van der Waals surface area contributed by atoms with Gasteiger partial charge in [0.15, 0.2) is 0 Å². The third-order valence-electron chi connectivity index (χ3n) is 1.94. The summed E-state index contributed by atoms with van der Waals surface area (Å²) < 4.78 is 0. The lowest BCUT2D eigenvalue weighted by molar-refractivity contribution is -0.118. The first-order valence-electron chi connectivity index (χ1n) is 5.47. The third-order valence-corrected chi connectivity index (χ3v) is 2.49. The number of unbranched alkanes of at least 4 members (excludes halogenated alkanes) is 1. The number of thioether (sulfide) groups is 1. The number of hydrogen-bond donors (Lipinski definition) is 3. The molecule has 0 spiro atoms. The number of hydrogen-bond acceptors (Lipinski definition) is 4. The predicted octanol–water partition coefficient (Wildman–Crippen LogP) is 0.184. The first kappa shape index (κ1) is 14.7. The summed E-state index contributed by atoms with van der Waals surface area (Å²) in [6.45, 7) is 3.52. The SMILES string of the molecule is CSCC(=O)NCCCNCCCCN. The molecule has 0 atom stereocenters. The van der Waals surface area contributed by atoms with Crippen LogP contribution < -0.4 is 16.4 Å². The average Bonchev–Trinajstić information content (AvgIpc) is 2.22. The summed E-state index contributed by atoms with van der Waals surface area (Å²) in [5.74, 6) is 0.690. The highest BCUT2D eigenvalue weighted by Gasteiger charge is 1.97. The smallest absolute Gasteiger partial charge is 0.229 e. The van der Waals surface area contributed by atoms with Crippen molar-refractivity contribution in [2.45, 2.75) is 19.3 Å². The molecule has 0 saturated carbocycles. The number of amides is 1. The maximum Gasteiger partial charge on any atom is 0.229 e. The van der Waals surface area contributed by atoms with E-state index in [2.05, 4.69) is 10.6 Å². The Morgan fingerprint density at radius 2 is 1.93 bits per heavy atom. The van der Waals surface area contributed by atoms with Crippen LogP contribution in [-0.2, 0) is 4.79 Å². The molecule has 0 aromatic heterocycles. The monoisotopic (exact) mass is 233 g/mol. The lowest BCUT2D eigenvalue weighted by Crippen LogP contribution is -2.28. The summed E-state index contributed by atoms with van der Waals surface area (Å²) in [6, 6.07) is 0. The molecule has 0 aliphatic heterocycles. The van der Waals surface area contributed by atoms with Crippen molar-refractivity contribution in [1.82, 2.24) is 10.6 Å².